The Balaban J connectivity index is 1.49. The Bertz CT molecular complexity index is 1300. The van der Waals surface area contributed by atoms with Crippen molar-refractivity contribution in [2.75, 3.05) is 56.8 Å². The lowest BCUT2D eigenvalue weighted by atomic mass is 10.0. The van der Waals surface area contributed by atoms with Crippen LogP contribution in [0.5, 0.6) is 5.75 Å². The summed E-state index contributed by atoms with van der Waals surface area (Å²) in [5.41, 5.74) is 5.31. The number of ether oxygens (including phenoxy) is 1. The summed E-state index contributed by atoms with van der Waals surface area (Å²) in [6, 6.07) is 11.5. The SMILES string of the molecule is COc1cc(N2CCN(C)CC2)c([N+](=O)[O-])cc1N1C=C(C)C(c2c[nH]c3ccccc23)=NC1. The number of piperazine rings is 1. The van der Waals surface area contributed by atoms with Gasteiger partial charge in [-0.3, -0.25) is 15.1 Å². The number of H-pyrrole nitrogens is 1. The third-order valence-corrected chi connectivity index (χ3v) is 6.57. The van der Waals surface area contributed by atoms with Crippen molar-refractivity contribution in [1.29, 1.82) is 0 Å². The molecule has 5 rings (SSSR count). The van der Waals surface area contributed by atoms with E-state index < -0.39 is 0 Å². The van der Waals surface area contributed by atoms with E-state index in [-0.39, 0.29) is 10.6 Å². The number of hydrogen-bond donors (Lipinski definition) is 1. The molecule has 1 saturated heterocycles. The number of methoxy groups -OCH3 is 1. The molecule has 176 valence electrons. The molecule has 3 heterocycles. The molecule has 0 unspecified atom stereocenters. The number of para-hydroxylation sites is 1. The maximum absolute atomic E-state index is 12.0. The molecule has 0 saturated carbocycles. The van der Waals surface area contributed by atoms with Crippen molar-refractivity contribution >= 4 is 33.7 Å². The number of aromatic amines is 1. The summed E-state index contributed by atoms with van der Waals surface area (Å²) < 4.78 is 5.69. The highest BCUT2D eigenvalue weighted by Crippen LogP contribution is 2.41. The van der Waals surface area contributed by atoms with Crippen LogP contribution in [0.2, 0.25) is 0 Å². The lowest BCUT2D eigenvalue weighted by Gasteiger charge is -2.34. The Morgan fingerprint density at radius 2 is 1.88 bits per heavy atom. The van der Waals surface area contributed by atoms with Crippen LogP contribution in [0.15, 0.2) is 59.4 Å². The topological polar surface area (TPSA) is 90.2 Å². The summed E-state index contributed by atoms with van der Waals surface area (Å²) in [6.07, 6.45) is 3.97. The number of nitrogens with one attached hydrogen (secondary N) is 1. The number of rotatable bonds is 5. The van der Waals surface area contributed by atoms with Gasteiger partial charge in [-0.05, 0) is 25.6 Å². The van der Waals surface area contributed by atoms with E-state index in [0.29, 0.717) is 23.8 Å². The Hall–Kier alpha value is -3.85. The first-order valence-corrected chi connectivity index (χ1v) is 11.3. The molecule has 2 aliphatic heterocycles. The van der Waals surface area contributed by atoms with Crippen molar-refractivity contribution in [2.24, 2.45) is 4.99 Å². The highest BCUT2D eigenvalue weighted by molar-refractivity contribution is 6.19. The van der Waals surface area contributed by atoms with E-state index in [9.17, 15) is 10.1 Å². The van der Waals surface area contributed by atoms with E-state index in [1.807, 2.05) is 42.4 Å². The molecule has 2 aliphatic rings. The van der Waals surface area contributed by atoms with Crippen LogP contribution in [0.25, 0.3) is 10.9 Å². The van der Waals surface area contributed by atoms with Crippen molar-refractivity contribution in [3.8, 4) is 5.75 Å². The molecule has 1 fully saturated rings. The molecule has 0 aliphatic carbocycles. The van der Waals surface area contributed by atoms with Gasteiger partial charge in [0.25, 0.3) is 5.69 Å². The summed E-state index contributed by atoms with van der Waals surface area (Å²) in [5.74, 6) is 0.592. The van der Waals surface area contributed by atoms with Crippen LogP contribution < -0.4 is 14.5 Å². The predicted octanol–water partition coefficient (Wildman–Crippen LogP) is 4.01. The summed E-state index contributed by atoms with van der Waals surface area (Å²) in [5, 5.41) is 13.1. The Labute approximate surface area is 198 Å². The zero-order valence-electron chi connectivity index (χ0n) is 19.6. The number of nitro groups is 1. The van der Waals surface area contributed by atoms with Gasteiger partial charge in [-0.2, -0.15) is 0 Å². The molecular weight excluding hydrogens is 432 g/mol. The minimum absolute atomic E-state index is 0.0813. The zero-order valence-corrected chi connectivity index (χ0v) is 19.6. The van der Waals surface area contributed by atoms with E-state index >= 15 is 0 Å². The third-order valence-electron chi connectivity index (χ3n) is 6.57. The number of allylic oxidation sites excluding steroid dienone is 1. The number of hydrogen-bond acceptors (Lipinski definition) is 7. The maximum Gasteiger partial charge on any atom is 0.294 e. The van der Waals surface area contributed by atoms with Gasteiger partial charge >= 0.3 is 0 Å². The monoisotopic (exact) mass is 460 g/mol. The normalized spacial score (nSPS) is 17.0. The minimum Gasteiger partial charge on any atom is -0.494 e. The Morgan fingerprint density at radius 3 is 2.59 bits per heavy atom. The molecule has 1 N–H and O–H groups in total. The standard InChI is InChI=1S/C25H28N6O3/c1-17-15-30(16-27-25(17)19-14-26-20-7-5-4-6-18(19)20)23-12-22(31(32)33)21(13-24(23)34-3)29-10-8-28(2)9-11-29/h4-7,12-15,26H,8-11,16H2,1-3H3. The largest absolute Gasteiger partial charge is 0.494 e. The molecule has 3 aromatic rings. The molecule has 0 bridgehead atoms. The number of likely N-dealkylation sites (N-methyl/N-ethyl adjacent to an activating group) is 1. The van der Waals surface area contributed by atoms with E-state index in [4.69, 9.17) is 9.73 Å². The average Bonchev–Trinajstić information content (AvgIpc) is 3.27. The first-order chi connectivity index (χ1) is 16.5. The maximum atomic E-state index is 12.0. The third kappa shape index (κ3) is 3.88. The van der Waals surface area contributed by atoms with Gasteiger partial charge in [0.15, 0.2) is 0 Å². The summed E-state index contributed by atoms with van der Waals surface area (Å²) in [7, 11) is 3.66. The molecule has 9 heteroatoms. The predicted molar refractivity (Wildman–Crippen MR) is 135 cm³/mol. The fourth-order valence-electron chi connectivity index (χ4n) is 4.70. The van der Waals surface area contributed by atoms with Crippen molar-refractivity contribution in [1.82, 2.24) is 9.88 Å². The molecule has 0 spiro atoms. The quantitative estimate of drug-likeness (QED) is 0.457. The molecule has 1 aromatic heterocycles. The number of aromatic nitrogens is 1. The first-order valence-electron chi connectivity index (χ1n) is 11.3. The second-order valence-electron chi connectivity index (χ2n) is 8.74. The van der Waals surface area contributed by atoms with E-state index in [2.05, 4.69) is 27.9 Å². The molecule has 0 atom stereocenters. The van der Waals surface area contributed by atoms with Gasteiger partial charge in [0.05, 0.1) is 23.4 Å². The second-order valence-corrected chi connectivity index (χ2v) is 8.74. The lowest BCUT2D eigenvalue weighted by Crippen LogP contribution is -2.44. The molecule has 34 heavy (non-hydrogen) atoms. The molecular formula is C25H28N6O3. The summed E-state index contributed by atoms with van der Waals surface area (Å²) in [6.45, 7) is 5.54. The van der Waals surface area contributed by atoms with E-state index in [1.54, 1.807) is 19.2 Å². The molecule has 9 nitrogen and oxygen atoms in total. The fourth-order valence-corrected chi connectivity index (χ4v) is 4.70. The zero-order chi connectivity index (χ0) is 23.8. The highest BCUT2D eigenvalue weighted by Gasteiger charge is 2.28. The number of anilines is 2. The first kappa shape index (κ1) is 22.0. The van der Waals surface area contributed by atoms with Crippen LogP contribution >= 0.6 is 0 Å². The van der Waals surface area contributed by atoms with Crippen molar-refractivity contribution < 1.29 is 9.66 Å². The van der Waals surface area contributed by atoms with Gasteiger partial charge in [-0.1, -0.05) is 18.2 Å². The van der Waals surface area contributed by atoms with Crippen molar-refractivity contribution in [3.63, 3.8) is 0 Å². The van der Waals surface area contributed by atoms with E-state index in [0.717, 1.165) is 53.9 Å². The van der Waals surface area contributed by atoms with Crippen LogP contribution in [0.1, 0.15) is 12.5 Å². The van der Waals surface area contributed by atoms with Crippen LogP contribution in [-0.2, 0) is 0 Å². The average molecular weight is 461 g/mol. The van der Waals surface area contributed by atoms with Gasteiger partial charge < -0.3 is 24.4 Å². The van der Waals surface area contributed by atoms with Gasteiger partial charge in [0, 0.05) is 67.2 Å². The molecule has 0 radical (unpaired) electrons. The van der Waals surface area contributed by atoms with Gasteiger partial charge in [-0.15, -0.1) is 0 Å². The summed E-state index contributed by atoms with van der Waals surface area (Å²) >= 11 is 0. The highest BCUT2D eigenvalue weighted by atomic mass is 16.6. The van der Waals surface area contributed by atoms with Crippen LogP contribution in [0.3, 0.4) is 0 Å². The number of nitrogens with zero attached hydrogens (tertiary/aromatic N) is 5. The van der Waals surface area contributed by atoms with Crippen LogP contribution in [0, 0.1) is 10.1 Å². The van der Waals surface area contributed by atoms with Crippen LogP contribution in [0.4, 0.5) is 17.1 Å². The second kappa shape index (κ2) is 8.83. The number of fused-ring (bicyclic) bond motifs is 1. The van der Waals surface area contributed by atoms with Gasteiger partial charge in [0.1, 0.15) is 18.1 Å². The molecule has 0 amide bonds. The smallest absolute Gasteiger partial charge is 0.294 e. The van der Waals surface area contributed by atoms with Gasteiger partial charge in [-0.25, -0.2) is 0 Å². The van der Waals surface area contributed by atoms with Gasteiger partial charge in [0.2, 0.25) is 0 Å². The Morgan fingerprint density at radius 1 is 1.12 bits per heavy atom. The fraction of sp³-hybridized carbons (Fsp3) is 0.320. The number of aliphatic imine (C=N–C) groups is 1. The minimum atomic E-state index is -0.308. The summed E-state index contributed by atoms with van der Waals surface area (Å²) in [4.78, 5) is 26.1. The van der Waals surface area contributed by atoms with Crippen molar-refractivity contribution in [3.05, 3.63) is 70.0 Å². The molecule has 2 aromatic carbocycles. The Kier molecular flexibility index (Phi) is 5.70. The number of benzene rings is 2. The number of nitro benzene ring substituents is 1. The van der Waals surface area contributed by atoms with Crippen LogP contribution in [-0.4, -0.2) is 67.5 Å². The van der Waals surface area contributed by atoms with E-state index in [1.165, 1.54) is 0 Å². The lowest BCUT2D eigenvalue weighted by molar-refractivity contribution is -0.384. The van der Waals surface area contributed by atoms with Crippen molar-refractivity contribution in [2.45, 2.75) is 6.92 Å².